The number of aromatic nitrogens is 2. The van der Waals surface area contributed by atoms with Gasteiger partial charge >= 0.3 is 6.03 Å². The van der Waals surface area contributed by atoms with Crippen LogP contribution in [0.25, 0.3) is 11.3 Å². The van der Waals surface area contributed by atoms with Gasteiger partial charge in [0.05, 0.1) is 65.0 Å². The molecule has 12 nitrogen and oxygen atoms in total. The van der Waals surface area contributed by atoms with Crippen LogP contribution in [0.3, 0.4) is 0 Å². The number of ether oxygens (including phenoxy) is 4. The molecule has 3 atom stereocenters. The van der Waals surface area contributed by atoms with Gasteiger partial charge in [-0.05, 0) is 48.7 Å². The Morgan fingerprint density at radius 3 is 2.69 bits per heavy atom. The Hall–Kier alpha value is -4.01. The van der Waals surface area contributed by atoms with E-state index in [0.29, 0.717) is 74.8 Å². The molecule has 3 amide bonds. The number of nitrogens with zero attached hydrogens (tertiary/aromatic N) is 2. The number of anilines is 2. The summed E-state index contributed by atoms with van der Waals surface area (Å²) in [7, 11) is 3.23. The molecule has 0 bridgehead atoms. The van der Waals surface area contributed by atoms with Crippen molar-refractivity contribution in [2.75, 3.05) is 58.3 Å². The van der Waals surface area contributed by atoms with Gasteiger partial charge in [-0.3, -0.25) is 4.79 Å². The van der Waals surface area contributed by atoms with E-state index in [-0.39, 0.29) is 29.8 Å². The lowest BCUT2D eigenvalue weighted by atomic mass is 10.0. The maximum Gasteiger partial charge on any atom is 0.315 e. The molecule has 3 heterocycles. The highest BCUT2D eigenvalue weighted by Crippen LogP contribution is 2.45. The zero-order valence-electron chi connectivity index (χ0n) is 27.3. The molecule has 3 aromatic rings. The maximum atomic E-state index is 14.0. The van der Waals surface area contributed by atoms with Crippen molar-refractivity contribution in [2.45, 2.75) is 56.0 Å². The number of urea groups is 1. The number of thioether (sulfide) groups is 1. The summed E-state index contributed by atoms with van der Waals surface area (Å²) in [4.78, 5) is 23.7. The van der Waals surface area contributed by atoms with Crippen molar-refractivity contribution in [3.63, 3.8) is 0 Å². The number of unbranched alkanes of at least 4 members (excludes halogenated alkanes) is 1. The molecule has 3 unspecified atom stereocenters. The topological polar surface area (TPSA) is 137 Å². The molecule has 3 aliphatic rings. The molecule has 2 fully saturated rings. The summed E-state index contributed by atoms with van der Waals surface area (Å²) in [6.07, 6.45) is 3.91. The van der Waals surface area contributed by atoms with Crippen LogP contribution in [0.15, 0.2) is 36.4 Å². The molecule has 6 rings (SSSR count). The average Bonchev–Trinajstić information content (AvgIpc) is 3.82. The van der Waals surface area contributed by atoms with Gasteiger partial charge in [-0.25, -0.2) is 13.9 Å². The molecule has 48 heavy (non-hydrogen) atoms. The van der Waals surface area contributed by atoms with E-state index in [1.165, 1.54) is 12.1 Å². The van der Waals surface area contributed by atoms with Gasteiger partial charge < -0.3 is 40.2 Å². The first-order chi connectivity index (χ1) is 23.4. The normalized spacial score (nSPS) is 18.9. The quantitative estimate of drug-likeness (QED) is 0.0898. The molecule has 0 spiro atoms. The predicted molar refractivity (Wildman–Crippen MR) is 182 cm³/mol. The molecule has 0 radical (unpaired) electrons. The molecule has 1 aromatic heterocycles. The fourth-order valence-corrected chi connectivity index (χ4v) is 8.01. The summed E-state index contributed by atoms with van der Waals surface area (Å²) < 4.78 is 38.4. The zero-order valence-corrected chi connectivity index (χ0v) is 28.1. The zero-order chi connectivity index (χ0) is 33.5. The van der Waals surface area contributed by atoms with Crippen molar-refractivity contribution in [1.82, 2.24) is 25.7 Å². The van der Waals surface area contributed by atoms with Gasteiger partial charge in [-0.2, -0.15) is 16.9 Å². The lowest BCUT2D eigenvalue weighted by molar-refractivity contribution is -0.121. The largest absolute Gasteiger partial charge is 0.493 e. The number of carbonyl (C=O) groups excluding carboxylic acids is 2. The van der Waals surface area contributed by atoms with E-state index in [1.807, 2.05) is 34.6 Å². The number of carbonyl (C=O) groups is 2. The smallest absolute Gasteiger partial charge is 0.315 e. The van der Waals surface area contributed by atoms with Crippen LogP contribution in [0.1, 0.15) is 36.8 Å². The lowest BCUT2D eigenvalue weighted by Crippen LogP contribution is -2.36. The van der Waals surface area contributed by atoms with Gasteiger partial charge in [0.1, 0.15) is 11.6 Å². The summed E-state index contributed by atoms with van der Waals surface area (Å²) in [5.41, 5.74) is 4.55. The summed E-state index contributed by atoms with van der Waals surface area (Å²) >= 11 is 1.90. The number of rotatable bonds is 18. The number of hydrogen-bond donors (Lipinski definition) is 4. The van der Waals surface area contributed by atoms with Crippen molar-refractivity contribution < 1.29 is 32.9 Å². The Morgan fingerprint density at radius 2 is 1.88 bits per heavy atom. The minimum absolute atomic E-state index is 0.0246. The fraction of sp³-hybridized carbons (Fsp3) is 0.500. The van der Waals surface area contributed by atoms with Crippen LogP contribution < -0.4 is 30.7 Å². The minimum atomic E-state index is -0.324. The number of nitrogens with one attached hydrogen (secondary N) is 4. The number of fused-ring (bicyclic) bond motifs is 4. The molecule has 2 aromatic carbocycles. The highest BCUT2D eigenvalue weighted by atomic mass is 32.2. The lowest BCUT2D eigenvalue weighted by Gasteiger charge is -2.16. The third kappa shape index (κ3) is 7.99. The standard InChI is InChI=1S/C34H43FN6O6S/c1-44-27-17-21-16-25-31(24(21)19-28(27)45-2)40-41(33(25)37-23-7-5-6-22(35)18-23)11-13-47-15-14-46-12-10-36-30(42)9-4-3-8-29-32-26(20-48-29)38-34(43)39-32/h5-7,17-19,26,29,32,37H,3-4,8-16,20H2,1-2H3,(H,36,42)(H2,38,39,43). The molecule has 2 saturated heterocycles. The van der Waals surface area contributed by atoms with Gasteiger partial charge in [-0.15, -0.1) is 0 Å². The molecular formula is C34H43FN6O6S. The van der Waals surface area contributed by atoms with Crippen molar-refractivity contribution in [2.24, 2.45) is 0 Å². The number of benzene rings is 2. The Morgan fingerprint density at radius 1 is 1.06 bits per heavy atom. The van der Waals surface area contributed by atoms with Crippen LogP contribution in [0, 0.1) is 5.82 Å². The number of methoxy groups -OCH3 is 2. The average molecular weight is 683 g/mol. The van der Waals surface area contributed by atoms with Crippen LogP contribution in [0.4, 0.5) is 20.7 Å². The third-order valence-electron chi connectivity index (χ3n) is 8.84. The van der Waals surface area contributed by atoms with Crippen LogP contribution in [-0.4, -0.2) is 92.0 Å². The van der Waals surface area contributed by atoms with E-state index in [0.717, 1.165) is 53.2 Å². The Kier molecular flexibility index (Phi) is 11.2. The van der Waals surface area contributed by atoms with Gasteiger partial charge in [0.25, 0.3) is 0 Å². The number of hydrogen-bond acceptors (Lipinski definition) is 9. The first-order valence-corrected chi connectivity index (χ1v) is 17.5. The Balaban J connectivity index is 0.902. The summed E-state index contributed by atoms with van der Waals surface area (Å²) in [5, 5.41) is 17.6. The highest BCUT2D eigenvalue weighted by molar-refractivity contribution is 8.00. The SMILES string of the molecule is COc1cc2c(cc1OC)-c1nn(CCOCCOCCNC(=O)CCCCC3SCC4NC(=O)NC43)c(Nc3cccc(F)c3)c1C2. The van der Waals surface area contributed by atoms with E-state index >= 15 is 0 Å². The van der Waals surface area contributed by atoms with Crippen molar-refractivity contribution in [3.8, 4) is 22.8 Å². The highest BCUT2D eigenvalue weighted by Gasteiger charge is 2.42. The second-order valence-electron chi connectivity index (χ2n) is 12.0. The Bertz CT molecular complexity index is 1600. The van der Waals surface area contributed by atoms with Crippen molar-refractivity contribution in [3.05, 3.63) is 53.3 Å². The summed E-state index contributed by atoms with van der Waals surface area (Å²) in [5.74, 6) is 2.73. The third-order valence-corrected chi connectivity index (χ3v) is 10.3. The van der Waals surface area contributed by atoms with Crippen LogP contribution >= 0.6 is 11.8 Å². The fourth-order valence-electron chi connectivity index (χ4n) is 6.46. The van der Waals surface area contributed by atoms with Gasteiger partial charge in [-0.1, -0.05) is 12.5 Å². The monoisotopic (exact) mass is 682 g/mol. The van der Waals surface area contributed by atoms with Crippen LogP contribution in [0.5, 0.6) is 11.5 Å². The van der Waals surface area contributed by atoms with Gasteiger partial charge in [0, 0.05) is 47.2 Å². The van der Waals surface area contributed by atoms with E-state index in [9.17, 15) is 14.0 Å². The maximum absolute atomic E-state index is 14.0. The molecule has 1 aliphatic carbocycles. The second-order valence-corrected chi connectivity index (χ2v) is 13.3. The molecule has 14 heteroatoms. The second kappa shape index (κ2) is 15.9. The first kappa shape index (κ1) is 33.9. The molecule has 0 saturated carbocycles. The van der Waals surface area contributed by atoms with Gasteiger partial charge in [0.15, 0.2) is 11.5 Å². The van der Waals surface area contributed by atoms with E-state index in [2.05, 4.69) is 21.3 Å². The molecule has 258 valence electrons. The predicted octanol–water partition coefficient (Wildman–Crippen LogP) is 4.23. The van der Waals surface area contributed by atoms with E-state index in [4.69, 9.17) is 24.0 Å². The van der Waals surface area contributed by atoms with Crippen molar-refractivity contribution >= 4 is 35.2 Å². The first-order valence-electron chi connectivity index (χ1n) is 16.4. The summed E-state index contributed by atoms with van der Waals surface area (Å²) in [6, 6.07) is 10.6. The van der Waals surface area contributed by atoms with Crippen LogP contribution in [-0.2, 0) is 27.2 Å². The molecular weight excluding hydrogens is 639 g/mol. The summed E-state index contributed by atoms with van der Waals surface area (Å²) in [6.45, 7) is 2.55. The number of amides is 3. The van der Waals surface area contributed by atoms with Crippen molar-refractivity contribution in [1.29, 1.82) is 0 Å². The molecule has 4 N–H and O–H groups in total. The molecule has 2 aliphatic heterocycles. The van der Waals surface area contributed by atoms with E-state index < -0.39 is 0 Å². The minimum Gasteiger partial charge on any atom is -0.493 e. The number of halogens is 1. The van der Waals surface area contributed by atoms with E-state index in [1.54, 1.807) is 20.3 Å². The Labute approximate surface area is 283 Å². The van der Waals surface area contributed by atoms with Gasteiger partial charge in [0.2, 0.25) is 5.91 Å². The van der Waals surface area contributed by atoms with Crippen LogP contribution in [0.2, 0.25) is 0 Å².